The molecule has 0 bridgehead atoms. The molecule has 0 aliphatic heterocycles. The lowest BCUT2D eigenvalue weighted by atomic mass is 10.2. The SMILES string of the molecule is CN=C(NCCSc1ccc(C)cc1)NCc1nc(C(C)C)cs1.I. The third-order valence-electron chi connectivity index (χ3n) is 3.48. The molecule has 0 saturated carbocycles. The maximum atomic E-state index is 4.63. The van der Waals surface area contributed by atoms with Crippen LogP contribution in [0.2, 0.25) is 0 Å². The first kappa shape index (κ1) is 22.2. The van der Waals surface area contributed by atoms with Crippen molar-refractivity contribution in [1.82, 2.24) is 15.6 Å². The van der Waals surface area contributed by atoms with E-state index in [1.165, 1.54) is 10.5 Å². The van der Waals surface area contributed by atoms with Crippen LogP contribution in [0.25, 0.3) is 0 Å². The number of benzene rings is 1. The van der Waals surface area contributed by atoms with Crippen LogP contribution in [0.5, 0.6) is 0 Å². The normalized spacial score (nSPS) is 11.3. The first-order valence-electron chi connectivity index (χ1n) is 8.16. The molecule has 0 radical (unpaired) electrons. The molecule has 7 heteroatoms. The van der Waals surface area contributed by atoms with Gasteiger partial charge in [-0.2, -0.15) is 0 Å². The Balaban J connectivity index is 0.00000312. The Bertz CT molecular complexity index is 653. The summed E-state index contributed by atoms with van der Waals surface area (Å²) < 4.78 is 0. The van der Waals surface area contributed by atoms with Crippen LogP contribution in [0.1, 0.15) is 36.0 Å². The van der Waals surface area contributed by atoms with Crippen LogP contribution in [0.15, 0.2) is 39.5 Å². The zero-order valence-electron chi connectivity index (χ0n) is 15.2. The van der Waals surface area contributed by atoms with Crippen LogP contribution in [-0.4, -0.2) is 30.3 Å². The maximum absolute atomic E-state index is 4.63. The topological polar surface area (TPSA) is 49.3 Å². The smallest absolute Gasteiger partial charge is 0.191 e. The van der Waals surface area contributed by atoms with Gasteiger partial charge < -0.3 is 10.6 Å². The Labute approximate surface area is 176 Å². The summed E-state index contributed by atoms with van der Waals surface area (Å²) in [4.78, 5) is 10.2. The second-order valence-electron chi connectivity index (χ2n) is 5.83. The van der Waals surface area contributed by atoms with Gasteiger partial charge in [0.1, 0.15) is 5.01 Å². The standard InChI is InChI=1S/C18H26N4S2.HI/c1-13(2)16-12-24-17(22-16)11-21-18(19-4)20-9-10-23-15-7-5-14(3)6-8-15;/h5-8,12-13H,9-11H2,1-4H3,(H2,19,20,21);1H. The van der Waals surface area contributed by atoms with E-state index in [1.807, 2.05) is 11.8 Å². The molecule has 0 saturated heterocycles. The van der Waals surface area contributed by atoms with Gasteiger partial charge in [0.15, 0.2) is 5.96 Å². The Hall–Kier alpha value is -0.800. The van der Waals surface area contributed by atoms with Crippen molar-refractivity contribution in [1.29, 1.82) is 0 Å². The molecule has 1 aromatic heterocycles. The molecular weight excluding hydrogens is 463 g/mol. The molecule has 138 valence electrons. The predicted octanol–water partition coefficient (Wildman–Crippen LogP) is 4.65. The van der Waals surface area contributed by atoms with Gasteiger partial charge >= 0.3 is 0 Å². The number of aryl methyl sites for hydroxylation is 1. The number of thiazole rings is 1. The lowest BCUT2D eigenvalue weighted by molar-refractivity contribution is 0.794. The molecule has 0 aliphatic rings. The van der Waals surface area contributed by atoms with E-state index >= 15 is 0 Å². The number of guanidine groups is 1. The minimum atomic E-state index is 0. The fraction of sp³-hybridized carbons (Fsp3) is 0.444. The molecule has 2 N–H and O–H groups in total. The van der Waals surface area contributed by atoms with Gasteiger partial charge in [-0.3, -0.25) is 4.99 Å². The Morgan fingerprint density at radius 3 is 2.56 bits per heavy atom. The van der Waals surface area contributed by atoms with Crippen LogP contribution < -0.4 is 10.6 Å². The Morgan fingerprint density at radius 2 is 1.96 bits per heavy atom. The van der Waals surface area contributed by atoms with Gasteiger partial charge in [0, 0.05) is 29.6 Å². The van der Waals surface area contributed by atoms with Crippen LogP contribution in [0, 0.1) is 6.92 Å². The van der Waals surface area contributed by atoms with Crippen molar-refractivity contribution in [2.45, 2.75) is 38.1 Å². The molecule has 0 spiro atoms. The number of aliphatic imine (C=N–C) groups is 1. The minimum Gasteiger partial charge on any atom is -0.356 e. The summed E-state index contributed by atoms with van der Waals surface area (Å²) in [5.41, 5.74) is 2.46. The lowest BCUT2D eigenvalue weighted by Crippen LogP contribution is -2.37. The number of hydrogen-bond acceptors (Lipinski definition) is 4. The summed E-state index contributed by atoms with van der Waals surface area (Å²) in [6, 6.07) is 8.63. The number of halogens is 1. The fourth-order valence-electron chi connectivity index (χ4n) is 2.02. The van der Waals surface area contributed by atoms with Gasteiger partial charge in [0.2, 0.25) is 0 Å². The molecule has 0 unspecified atom stereocenters. The van der Waals surface area contributed by atoms with Crippen molar-refractivity contribution in [3.8, 4) is 0 Å². The third kappa shape index (κ3) is 7.96. The number of hydrogen-bond donors (Lipinski definition) is 2. The highest BCUT2D eigenvalue weighted by Gasteiger charge is 2.06. The van der Waals surface area contributed by atoms with E-state index in [-0.39, 0.29) is 24.0 Å². The number of nitrogens with one attached hydrogen (secondary N) is 2. The van der Waals surface area contributed by atoms with E-state index in [0.29, 0.717) is 12.5 Å². The van der Waals surface area contributed by atoms with Gasteiger partial charge in [0.05, 0.1) is 12.2 Å². The van der Waals surface area contributed by atoms with Crippen molar-refractivity contribution in [2.24, 2.45) is 4.99 Å². The summed E-state index contributed by atoms with van der Waals surface area (Å²) in [7, 11) is 1.80. The van der Waals surface area contributed by atoms with Gasteiger partial charge in [-0.1, -0.05) is 31.5 Å². The van der Waals surface area contributed by atoms with Crippen molar-refractivity contribution >= 4 is 53.0 Å². The summed E-state index contributed by atoms with van der Waals surface area (Å²) in [6.45, 7) is 8.02. The summed E-state index contributed by atoms with van der Waals surface area (Å²) in [5, 5.41) is 9.90. The van der Waals surface area contributed by atoms with Gasteiger partial charge in [-0.05, 0) is 25.0 Å². The van der Waals surface area contributed by atoms with E-state index in [4.69, 9.17) is 0 Å². The summed E-state index contributed by atoms with van der Waals surface area (Å²) >= 11 is 3.54. The van der Waals surface area contributed by atoms with Crippen LogP contribution >= 0.6 is 47.1 Å². The zero-order chi connectivity index (χ0) is 17.4. The van der Waals surface area contributed by atoms with E-state index in [2.05, 4.69) is 71.0 Å². The maximum Gasteiger partial charge on any atom is 0.191 e. The van der Waals surface area contributed by atoms with Crippen LogP contribution in [0.3, 0.4) is 0 Å². The zero-order valence-corrected chi connectivity index (χ0v) is 19.2. The van der Waals surface area contributed by atoms with Crippen molar-refractivity contribution < 1.29 is 0 Å². The van der Waals surface area contributed by atoms with Crippen LogP contribution in [-0.2, 0) is 6.54 Å². The Kier molecular flexibility index (Phi) is 10.4. The molecular formula is C18H27IN4S2. The highest BCUT2D eigenvalue weighted by Crippen LogP contribution is 2.18. The first-order chi connectivity index (χ1) is 11.6. The van der Waals surface area contributed by atoms with Crippen molar-refractivity contribution in [3.63, 3.8) is 0 Å². The first-order valence-corrected chi connectivity index (χ1v) is 10.0. The number of thioether (sulfide) groups is 1. The largest absolute Gasteiger partial charge is 0.356 e. The highest BCUT2D eigenvalue weighted by atomic mass is 127. The summed E-state index contributed by atoms with van der Waals surface area (Å²) in [5.74, 6) is 2.30. The lowest BCUT2D eigenvalue weighted by Gasteiger charge is -2.10. The molecule has 4 nitrogen and oxygen atoms in total. The molecule has 0 fully saturated rings. The van der Waals surface area contributed by atoms with Gasteiger partial charge in [-0.25, -0.2) is 4.98 Å². The van der Waals surface area contributed by atoms with E-state index in [0.717, 1.165) is 29.0 Å². The quantitative estimate of drug-likeness (QED) is 0.195. The predicted molar refractivity (Wildman–Crippen MR) is 122 cm³/mol. The molecule has 1 aromatic carbocycles. The molecule has 0 atom stereocenters. The van der Waals surface area contributed by atoms with E-state index in [1.54, 1.807) is 18.4 Å². The second kappa shape index (κ2) is 11.7. The average molecular weight is 490 g/mol. The third-order valence-corrected chi connectivity index (χ3v) is 5.36. The van der Waals surface area contributed by atoms with Gasteiger partial charge in [-0.15, -0.1) is 47.1 Å². The molecule has 1 heterocycles. The van der Waals surface area contributed by atoms with Gasteiger partial charge in [0.25, 0.3) is 0 Å². The molecule has 2 aromatic rings. The molecule has 25 heavy (non-hydrogen) atoms. The second-order valence-corrected chi connectivity index (χ2v) is 7.95. The number of aromatic nitrogens is 1. The highest BCUT2D eigenvalue weighted by molar-refractivity contribution is 14.0. The molecule has 2 rings (SSSR count). The minimum absolute atomic E-state index is 0. The van der Waals surface area contributed by atoms with Crippen molar-refractivity contribution in [3.05, 3.63) is 45.9 Å². The van der Waals surface area contributed by atoms with Crippen LogP contribution in [0.4, 0.5) is 0 Å². The van der Waals surface area contributed by atoms with E-state index in [9.17, 15) is 0 Å². The number of nitrogens with zero attached hydrogens (tertiary/aromatic N) is 2. The molecule has 0 amide bonds. The summed E-state index contributed by atoms with van der Waals surface area (Å²) in [6.07, 6.45) is 0. The fourth-order valence-corrected chi connectivity index (χ4v) is 3.69. The van der Waals surface area contributed by atoms with E-state index < -0.39 is 0 Å². The Morgan fingerprint density at radius 1 is 1.24 bits per heavy atom. The average Bonchev–Trinajstić information content (AvgIpc) is 3.05. The number of rotatable bonds is 7. The monoisotopic (exact) mass is 490 g/mol. The van der Waals surface area contributed by atoms with Crippen molar-refractivity contribution in [2.75, 3.05) is 19.3 Å². The molecule has 0 aliphatic carbocycles.